The summed E-state index contributed by atoms with van der Waals surface area (Å²) in [5.41, 5.74) is 0.00739. The number of rotatable bonds is 3. The molecule has 0 aromatic heterocycles. The first-order valence-corrected chi connectivity index (χ1v) is 5.67. The van der Waals surface area contributed by atoms with Crippen LogP contribution in [-0.2, 0) is 6.54 Å². The second-order valence-electron chi connectivity index (χ2n) is 3.83. The van der Waals surface area contributed by atoms with Gasteiger partial charge in [-0.05, 0) is 17.7 Å². The molecule has 0 amide bonds. The maximum absolute atomic E-state index is 13.3. The smallest absolute Gasteiger partial charge is 0.152 e. The van der Waals surface area contributed by atoms with Crippen molar-refractivity contribution in [2.75, 3.05) is 5.32 Å². The summed E-state index contributed by atoms with van der Waals surface area (Å²) in [5.74, 6) is -3.60. The maximum atomic E-state index is 13.3. The zero-order valence-electron chi connectivity index (χ0n) is 9.48. The third-order valence-corrected chi connectivity index (χ3v) is 2.83. The van der Waals surface area contributed by atoms with Gasteiger partial charge in [0.05, 0.1) is 0 Å². The Hall–Kier alpha value is -1.75. The van der Waals surface area contributed by atoms with Crippen LogP contribution in [0.25, 0.3) is 0 Å². The van der Waals surface area contributed by atoms with Crippen LogP contribution >= 0.6 is 11.6 Å². The van der Waals surface area contributed by atoms with E-state index in [4.69, 9.17) is 11.6 Å². The van der Waals surface area contributed by atoms with Crippen LogP contribution in [-0.4, -0.2) is 0 Å². The predicted octanol–water partition coefficient (Wildman–Crippen LogP) is 4.51. The number of hydrogen-bond acceptors (Lipinski definition) is 1. The maximum Gasteiger partial charge on any atom is 0.152 e. The molecule has 100 valence electrons. The summed E-state index contributed by atoms with van der Waals surface area (Å²) in [6.45, 7) is -0.0153. The van der Waals surface area contributed by atoms with Gasteiger partial charge in [-0.15, -0.1) is 0 Å². The van der Waals surface area contributed by atoms with Gasteiger partial charge in [0, 0.05) is 23.7 Å². The molecule has 19 heavy (non-hydrogen) atoms. The molecule has 0 fully saturated rings. The number of hydrogen-bond donors (Lipinski definition) is 1. The molecule has 2 aromatic rings. The summed E-state index contributed by atoms with van der Waals surface area (Å²) in [6, 6.07) is 4.80. The predicted molar refractivity (Wildman–Crippen MR) is 65.1 cm³/mol. The molecule has 2 aromatic carbocycles. The largest absolute Gasteiger partial charge is 0.376 e. The van der Waals surface area contributed by atoms with Crippen molar-refractivity contribution in [3.63, 3.8) is 0 Å². The van der Waals surface area contributed by atoms with Gasteiger partial charge in [0.1, 0.15) is 17.3 Å². The molecule has 1 N–H and O–H groups in total. The first kappa shape index (κ1) is 13.7. The van der Waals surface area contributed by atoms with Crippen LogP contribution in [0.1, 0.15) is 5.56 Å². The van der Waals surface area contributed by atoms with Crippen molar-refractivity contribution in [1.29, 1.82) is 0 Å². The normalized spacial score (nSPS) is 10.6. The average molecular weight is 290 g/mol. The minimum Gasteiger partial charge on any atom is -0.376 e. The Morgan fingerprint density at radius 1 is 0.895 bits per heavy atom. The van der Waals surface area contributed by atoms with E-state index in [-0.39, 0.29) is 11.6 Å². The van der Waals surface area contributed by atoms with E-state index in [1.807, 2.05) is 0 Å². The van der Waals surface area contributed by atoms with Crippen LogP contribution in [0, 0.1) is 23.3 Å². The summed E-state index contributed by atoms with van der Waals surface area (Å²) in [7, 11) is 0. The molecule has 0 heterocycles. The average Bonchev–Trinajstić information content (AvgIpc) is 2.30. The molecule has 0 aliphatic heterocycles. The number of halogens is 5. The molecule has 0 radical (unpaired) electrons. The van der Waals surface area contributed by atoms with Gasteiger partial charge < -0.3 is 5.32 Å². The highest BCUT2D eigenvalue weighted by atomic mass is 35.5. The van der Waals surface area contributed by atoms with Crippen LogP contribution in [0.5, 0.6) is 0 Å². The van der Waals surface area contributed by atoms with Gasteiger partial charge in [0.15, 0.2) is 11.6 Å². The standard InChI is InChI=1S/C13H8ClF4N/c14-10-3-8(15)2-1-7(10)6-19-13-11(17)4-9(16)5-12(13)18/h1-5,19H,6H2. The van der Waals surface area contributed by atoms with Crippen molar-refractivity contribution in [3.8, 4) is 0 Å². The number of benzene rings is 2. The molecule has 0 unspecified atom stereocenters. The Labute approximate surface area is 111 Å². The van der Waals surface area contributed by atoms with E-state index in [0.717, 1.165) is 6.07 Å². The fourth-order valence-corrected chi connectivity index (χ4v) is 1.79. The lowest BCUT2D eigenvalue weighted by Crippen LogP contribution is -2.05. The molecule has 0 aliphatic carbocycles. The van der Waals surface area contributed by atoms with E-state index < -0.39 is 29.0 Å². The third-order valence-electron chi connectivity index (χ3n) is 2.48. The Morgan fingerprint density at radius 2 is 1.53 bits per heavy atom. The van der Waals surface area contributed by atoms with Gasteiger partial charge in [0.2, 0.25) is 0 Å². The van der Waals surface area contributed by atoms with E-state index in [1.165, 1.54) is 12.1 Å². The summed E-state index contributed by atoms with van der Waals surface area (Å²) in [4.78, 5) is 0. The van der Waals surface area contributed by atoms with Gasteiger partial charge >= 0.3 is 0 Å². The van der Waals surface area contributed by atoms with Crippen LogP contribution in [0.3, 0.4) is 0 Å². The number of nitrogens with one attached hydrogen (secondary N) is 1. The van der Waals surface area contributed by atoms with Crippen molar-refractivity contribution in [2.24, 2.45) is 0 Å². The first-order chi connectivity index (χ1) is 8.97. The van der Waals surface area contributed by atoms with E-state index in [1.54, 1.807) is 0 Å². The van der Waals surface area contributed by atoms with Gasteiger partial charge in [-0.25, -0.2) is 17.6 Å². The van der Waals surface area contributed by atoms with E-state index in [9.17, 15) is 17.6 Å². The molecule has 0 aliphatic rings. The van der Waals surface area contributed by atoms with E-state index in [0.29, 0.717) is 17.7 Å². The van der Waals surface area contributed by atoms with Crippen molar-refractivity contribution in [2.45, 2.75) is 6.54 Å². The second-order valence-corrected chi connectivity index (χ2v) is 4.24. The van der Waals surface area contributed by atoms with Crippen LogP contribution in [0.2, 0.25) is 5.02 Å². The fourth-order valence-electron chi connectivity index (χ4n) is 1.56. The summed E-state index contributed by atoms with van der Waals surface area (Å²) in [6.07, 6.45) is 0. The summed E-state index contributed by atoms with van der Waals surface area (Å²) >= 11 is 5.77. The lowest BCUT2D eigenvalue weighted by atomic mass is 10.2. The Bertz CT molecular complexity index is 593. The van der Waals surface area contributed by atoms with Crippen molar-refractivity contribution < 1.29 is 17.6 Å². The highest BCUT2D eigenvalue weighted by Crippen LogP contribution is 2.23. The molecule has 0 bridgehead atoms. The summed E-state index contributed by atoms with van der Waals surface area (Å²) < 4.78 is 52.2. The minimum absolute atomic E-state index is 0.0153. The minimum atomic E-state index is -1.05. The molecule has 6 heteroatoms. The SMILES string of the molecule is Fc1cc(F)c(NCc2ccc(F)cc2Cl)c(F)c1. The molecule has 0 atom stereocenters. The monoisotopic (exact) mass is 289 g/mol. The van der Waals surface area contributed by atoms with Gasteiger partial charge in [-0.1, -0.05) is 17.7 Å². The topological polar surface area (TPSA) is 12.0 Å². The molecule has 1 nitrogen and oxygen atoms in total. The van der Waals surface area contributed by atoms with Crippen molar-refractivity contribution >= 4 is 17.3 Å². The molecule has 0 saturated carbocycles. The summed E-state index contributed by atoms with van der Waals surface area (Å²) in [5, 5.41) is 2.60. The quantitative estimate of drug-likeness (QED) is 0.820. The molecule has 0 spiro atoms. The Kier molecular flexibility index (Phi) is 3.95. The highest BCUT2D eigenvalue weighted by Gasteiger charge is 2.11. The Balaban J connectivity index is 2.19. The zero-order chi connectivity index (χ0) is 14.0. The molecular weight excluding hydrogens is 282 g/mol. The Morgan fingerprint density at radius 3 is 2.11 bits per heavy atom. The van der Waals surface area contributed by atoms with E-state index >= 15 is 0 Å². The lowest BCUT2D eigenvalue weighted by molar-refractivity contribution is 0.547. The van der Waals surface area contributed by atoms with Gasteiger partial charge in [-0.2, -0.15) is 0 Å². The van der Waals surface area contributed by atoms with Crippen LogP contribution in [0.15, 0.2) is 30.3 Å². The highest BCUT2D eigenvalue weighted by molar-refractivity contribution is 6.31. The van der Waals surface area contributed by atoms with Gasteiger partial charge in [0.25, 0.3) is 0 Å². The third kappa shape index (κ3) is 3.17. The molecule has 2 rings (SSSR count). The fraction of sp³-hybridized carbons (Fsp3) is 0.0769. The second kappa shape index (κ2) is 5.48. The molecule has 0 saturated heterocycles. The van der Waals surface area contributed by atoms with Gasteiger partial charge in [-0.3, -0.25) is 0 Å². The van der Waals surface area contributed by atoms with Crippen molar-refractivity contribution in [1.82, 2.24) is 0 Å². The number of anilines is 1. The van der Waals surface area contributed by atoms with Crippen LogP contribution in [0.4, 0.5) is 23.2 Å². The first-order valence-electron chi connectivity index (χ1n) is 5.29. The van der Waals surface area contributed by atoms with Crippen molar-refractivity contribution in [3.05, 3.63) is 64.2 Å². The lowest BCUT2D eigenvalue weighted by Gasteiger charge is -2.10. The van der Waals surface area contributed by atoms with E-state index in [2.05, 4.69) is 5.32 Å². The zero-order valence-corrected chi connectivity index (χ0v) is 10.2. The molecular formula is C13H8ClF4N. The van der Waals surface area contributed by atoms with Crippen LogP contribution < -0.4 is 5.32 Å².